The lowest BCUT2D eigenvalue weighted by Crippen LogP contribution is -2.52. The summed E-state index contributed by atoms with van der Waals surface area (Å²) in [5.41, 5.74) is 1.34. The third-order valence-corrected chi connectivity index (χ3v) is 4.42. The number of rotatable bonds is 4. The summed E-state index contributed by atoms with van der Waals surface area (Å²) in [5.74, 6) is -0.623. The summed E-state index contributed by atoms with van der Waals surface area (Å²) < 4.78 is 0.858. The van der Waals surface area contributed by atoms with Crippen molar-refractivity contribution in [3.8, 4) is 0 Å². The third kappa shape index (κ3) is 3.54. The number of carbonyl (C=O) groups is 3. The summed E-state index contributed by atoms with van der Waals surface area (Å²) in [7, 11) is 0. The number of Topliss-reactive ketones (excluding diaryl/α,β-unsaturated/α-hetero) is 1. The molecule has 2 aromatic carbocycles. The molecular formula is C18H15BrN2O3. The number of halogens is 1. The fraction of sp³-hybridized carbons (Fsp3) is 0.167. The van der Waals surface area contributed by atoms with E-state index in [9.17, 15) is 14.4 Å². The predicted octanol–water partition coefficient (Wildman–Crippen LogP) is 3.32. The van der Waals surface area contributed by atoms with Gasteiger partial charge < -0.3 is 5.32 Å². The van der Waals surface area contributed by atoms with Gasteiger partial charge in [-0.2, -0.15) is 0 Å². The molecule has 0 radical (unpaired) electrons. The minimum atomic E-state index is -0.537. The molecule has 0 bridgehead atoms. The van der Waals surface area contributed by atoms with Crippen molar-refractivity contribution in [2.45, 2.75) is 12.5 Å². The van der Waals surface area contributed by atoms with Crippen molar-refractivity contribution in [1.82, 2.24) is 10.2 Å². The maximum absolute atomic E-state index is 12.3. The molecule has 1 saturated heterocycles. The van der Waals surface area contributed by atoms with Gasteiger partial charge in [0.05, 0.1) is 19.0 Å². The van der Waals surface area contributed by atoms with Crippen LogP contribution in [0.4, 0.5) is 4.79 Å². The molecule has 3 rings (SSSR count). The normalized spacial score (nSPS) is 17.5. The molecule has 2 aromatic rings. The van der Waals surface area contributed by atoms with Crippen LogP contribution < -0.4 is 5.32 Å². The van der Waals surface area contributed by atoms with Crippen molar-refractivity contribution >= 4 is 33.7 Å². The fourth-order valence-corrected chi connectivity index (χ4v) is 2.86. The Morgan fingerprint density at radius 3 is 2.38 bits per heavy atom. The van der Waals surface area contributed by atoms with Gasteiger partial charge in [0.15, 0.2) is 5.78 Å². The Labute approximate surface area is 147 Å². The molecule has 1 heterocycles. The Balaban J connectivity index is 1.69. The molecule has 1 unspecified atom stereocenters. The molecule has 1 atom stereocenters. The van der Waals surface area contributed by atoms with Gasteiger partial charge in [-0.1, -0.05) is 58.4 Å². The smallest absolute Gasteiger partial charge is 0.325 e. The van der Waals surface area contributed by atoms with Gasteiger partial charge >= 0.3 is 6.03 Å². The van der Waals surface area contributed by atoms with E-state index in [1.165, 1.54) is 0 Å². The second-order valence-electron chi connectivity index (χ2n) is 5.53. The van der Waals surface area contributed by atoms with Gasteiger partial charge in [-0.25, -0.2) is 4.79 Å². The van der Waals surface area contributed by atoms with Crippen LogP contribution in [0.25, 0.3) is 0 Å². The summed E-state index contributed by atoms with van der Waals surface area (Å²) in [6.45, 7) is -0.256. The second-order valence-corrected chi connectivity index (χ2v) is 6.44. The quantitative estimate of drug-likeness (QED) is 0.819. The zero-order valence-electron chi connectivity index (χ0n) is 12.7. The van der Waals surface area contributed by atoms with Gasteiger partial charge in [-0.3, -0.25) is 14.5 Å². The molecule has 3 amide bonds. The maximum Gasteiger partial charge on any atom is 0.325 e. The summed E-state index contributed by atoms with van der Waals surface area (Å²) >= 11 is 3.30. The van der Waals surface area contributed by atoms with Gasteiger partial charge in [-0.15, -0.1) is 0 Å². The standard InChI is InChI=1S/C18H15BrN2O3/c19-14-8-6-13(7-9-14)16(22)11-21-17(23)10-15(20-18(21)24)12-4-2-1-3-5-12/h1-9,15H,10-11H2,(H,20,24). The topological polar surface area (TPSA) is 66.5 Å². The Kier molecular flexibility index (Phi) is 4.76. The predicted molar refractivity (Wildman–Crippen MR) is 92.5 cm³/mol. The number of amides is 3. The Morgan fingerprint density at radius 2 is 1.75 bits per heavy atom. The SMILES string of the molecule is O=C(CN1C(=O)CC(c2ccccc2)NC1=O)c1ccc(Br)cc1. The van der Waals surface area contributed by atoms with Crippen LogP contribution in [0.1, 0.15) is 28.4 Å². The van der Waals surface area contributed by atoms with Crippen molar-refractivity contribution in [1.29, 1.82) is 0 Å². The highest BCUT2D eigenvalue weighted by Crippen LogP contribution is 2.22. The number of hydrogen-bond donors (Lipinski definition) is 1. The average Bonchev–Trinajstić information content (AvgIpc) is 2.59. The van der Waals surface area contributed by atoms with Crippen LogP contribution in [-0.4, -0.2) is 29.2 Å². The highest BCUT2D eigenvalue weighted by atomic mass is 79.9. The maximum atomic E-state index is 12.3. The monoisotopic (exact) mass is 386 g/mol. The van der Waals surface area contributed by atoms with Crippen LogP contribution in [0.3, 0.4) is 0 Å². The molecule has 0 spiro atoms. The first-order valence-corrected chi connectivity index (χ1v) is 8.28. The van der Waals surface area contributed by atoms with Crippen LogP contribution in [0.5, 0.6) is 0 Å². The molecule has 1 aliphatic heterocycles. The van der Waals surface area contributed by atoms with E-state index in [1.54, 1.807) is 24.3 Å². The van der Waals surface area contributed by atoms with E-state index >= 15 is 0 Å². The van der Waals surface area contributed by atoms with E-state index in [0.29, 0.717) is 5.56 Å². The molecule has 0 aliphatic carbocycles. The number of carbonyl (C=O) groups excluding carboxylic acids is 3. The van der Waals surface area contributed by atoms with Gasteiger partial charge in [0.2, 0.25) is 5.91 Å². The zero-order valence-corrected chi connectivity index (χ0v) is 14.3. The van der Waals surface area contributed by atoms with Crippen LogP contribution in [0.15, 0.2) is 59.1 Å². The van der Waals surface area contributed by atoms with Crippen molar-refractivity contribution in [2.24, 2.45) is 0 Å². The molecule has 122 valence electrons. The molecule has 24 heavy (non-hydrogen) atoms. The number of benzene rings is 2. The Bertz CT molecular complexity index is 757. The molecular weight excluding hydrogens is 372 g/mol. The van der Waals surface area contributed by atoms with Crippen LogP contribution >= 0.6 is 15.9 Å². The van der Waals surface area contributed by atoms with Gasteiger partial charge in [0, 0.05) is 10.0 Å². The first kappa shape index (κ1) is 16.4. The molecule has 6 heteroatoms. The number of nitrogens with one attached hydrogen (secondary N) is 1. The molecule has 1 N–H and O–H groups in total. The van der Waals surface area contributed by atoms with E-state index in [4.69, 9.17) is 0 Å². The van der Waals surface area contributed by atoms with Crippen LogP contribution in [0.2, 0.25) is 0 Å². The minimum Gasteiger partial charge on any atom is -0.330 e. The average molecular weight is 387 g/mol. The minimum absolute atomic E-state index is 0.142. The Morgan fingerprint density at radius 1 is 1.08 bits per heavy atom. The van der Waals surface area contributed by atoms with Crippen LogP contribution in [-0.2, 0) is 4.79 Å². The number of nitrogens with zero attached hydrogens (tertiary/aromatic N) is 1. The summed E-state index contributed by atoms with van der Waals surface area (Å²) in [4.78, 5) is 37.8. The van der Waals surface area contributed by atoms with E-state index in [0.717, 1.165) is 14.9 Å². The van der Waals surface area contributed by atoms with Gasteiger partial charge in [0.1, 0.15) is 0 Å². The van der Waals surface area contributed by atoms with Crippen molar-refractivity contribution in [3.63, 3.8) is 0 Å². The van der Waals surface area contributed by atoms with E-state index in [2.05, 4.69) is 21.2 Å². The first-order chi connectivity index (χ1) is 11.5. The third-order valence-electron chi connectivity index (χ3n) is 3.89. The fourth-order valence-electron chi connectivity index (χ4n) is 2.59. The highest BCUT2D eigenvalue weighted by Gasteiger charge is 2.33. The number of imide groups is 1. The van der Waals surface area contributed by atoms with Crippen molar-refractivity contribution < 1.29 is 14.4 Å². The van der Waals surface area contributed by atoms with E-state index in [1.807, 2.05) is 30.3 Å². The van der Waals surface area contributed by atoms with Gasteiger partial charge in [-0.05, 0) is 17.7 Å². The van der Waals surface area contributed by atoms with E-state index < -0.39 is 6.03 Å². The molecule has 0 saturated carbocycles. The lowest BCUT2D eigenvalue weighted by molar-refractivity contribution is -0.129. The summed E-state index contributed by atoms with van der Waals surface area (Å²) in [5, 5.41) is 2.79. The number of hydrogen-bond acceptors (Lipinski definition) is 3. The highest BCUT2D eigenvalue weighted by molar-refractivity contribution is 9.10. The van der Waals surface area contributed by atoms with Crippen molar-refractivity contribution in [3.05, 3.63) is 70.2 Å². The van der Waals surface area contributed by atoms with Crippen molar-refractivity contribution in [2.75, 3.05) is 6.54 Å². The van der Waals surface area contributed by atoms with Crippen LogP contribution in [0, 0.1) is 0 Å². The molecule has 0 aromatic heterocycles. The summed E-state index contributed by atoms with van der Waals surface area (Å²) in [6.07, 6.45) is 0.142. The number of urea groups is 1. The first-order valence-electron chi connectivity index (χ1n) is 7.49. The Hall–Kier alpha value is -2.47. The molecule has 5 nitrogen and oxygen atoms in total. The molecule has 1 aliphatic rings. The second kappa shape index (κ2) is 6.97. The lowest BCUT2D eigenvalue weighted by Gasteiger charge is -2.31. The summed E-state index contributed by atoms with van der Waals surface area (Å²) in [6, 6.07) is 15.2. The number of ketones is 1. The van der Waals surface area contributed by atoms with Gasteiger partial charge in [0.25, 0.3) is 0 Å². The zero-order chi connectivity index (χ0) is 17.1. The lowest BCUT2D eigenvalue weighted by atomic mass is 10.0. The van der Waals surface area contributed by atoms with E-state index in [-0.39, 0.29) is 30.7 Å². The molecule has 1 fully saturated rings. The largest absolute Gasteiger partial charge is 0.330 e.